The summed E-state index contributed by atoms with van der Waals surface area (Å²) < 4.78 is 36.0. The van der Waals surface area contributed by atoms with E-state index < -0.39 is 21.6 Å². The topological polar surface area (TPSA) is 89.3 Å². The van der Waals surface area contributed by atoms with Gasteiger partial charge in [-0.3, -0.25) is 4.79 Å². The Morgan fingerprint density at radius 2 is 1.90 bits per heavy atom. The van der Waals surface area contributed by atoms with Gasteiger partial charge in [-0.15, -0.1) is 0 Å². The maximum atomic E-state index is 13.0. The van der Waals surface area contributed by atoms with Gasteiger partial charge in [0.25, 0.3) is 5.91 Å². The summed E-state index contributed by atoms with van der Waals surface area (Å²) >= 11 is 0. The average Bonchev–Trinajstić information content (AvgIpc) is 2.42. The number of rotatable bonds is 3. The number of amides is 1. The lowest BCUT2D eigenvalue weighted by molar-refractivity contribution is 0.102. The van der Waals surface area contributed by atoms with E-state index in [0.717, 1.165) is 12.3 Å². The number of anilines is 2. The second kappa shape index (κ2) is 5.53. The summed E-state index contributed by atoms with van der Waals surface area (Å²) in [6, 6.07) is 9.43. The van der Waals surface area contributed by atoms with Crippen LogP contribution in [0.2, 0.25) is 0 Å². The van der Waals surface area contributed by atoms with Crippen molar-refractivity contribution in [3.05, 3.63) is 53.8 Å². The van der Waals surface area contributed by atoms with Crippen LogP contribution in [-0.2, 0) is 9.84 Å². The summed E-state index contributed by atoms with van der Waals surface area (Å²) in [5.41, 5.74) is 5.83. The summed E-state index contributed by atoms with van der Waals surface area (Å²) in [4.78, 5) is 12.1. The first-order chi connectivity index (χ1) is 9.77. The lowest BCUT2D eigenvalue weighted by atomic mass is 10.2. The Kier molecular flexibility index (Phi) is 3.95. The van der Waals surface area contributed by atoms with Crippen LogP contribution < -0.4 is 11.1 Å². The molecule has 1 amide bonds. The number of hydrogen-bond acceptors (Lipinski definition) is 4. The summed E-state index contributed by atoms with van der Waals surface area (Å²) in [5.74, 6) is -1.08. The molecule has 0 saturated heterocycles. The van der Waals surface area contributed by atoms with Crippen LogP contribution in [0.15, 0.2) is 47.4 Å². The summed E-state index contributed by atoms with van der Waals surface area (Å²) in [6.07, 6.45) is 1.06. The van der Waals surface area contributed by atoms with Gasteiger partial charge in [0, 0.05) is 17.5 Å². The lowest BCUT2D eigenvalue weighted by Gasteiger charge is -2.07. The Morgan fingerprint density at radius 3 is 2.52 bits per heavy atom. The Balaban J connectivity index is 2.26. The van der Waals surface area contributed by atoms with E-state index in [0.29, 0.717) is 5.69 Å². The van der Waals surface area contributed by atoms with Crippen LogP contribution in [0.25, 0.3) is 0 Å². The van der Waals surface area contributed by atoms with Crippen molar-refractivity contribution in [2.45, 2.75) is 4.90 Å². The van der Waals surface area contributed by atoms with Crippen molar-refractivity contribution in [1.82, 2.24) is 0 Å². The minimum absolute atomic E-state index is 0.0498. The molecule has 0 heterocycles. The van der Waals surface area contributed by atoms with Gasteiger partial charge >= 0.3 is 0 Å². The van der Waals surface area contributed by atoms with Gasteiger partial charge in [0.1, 0.15) is 5.82 Å². The van der Waals surface area contributed by atoms with Crippen molar-refractivity contribution in [2.75, 3.05) is 17.3 Å². The van der Waals surface area contributed by atoms with Crippen LogP contribution >= 0.6 is 0 Å². The van der Waals surface area contributed by atoms with Gasteiger partial charge in [0.15, 0.2) is 9.84 Å². The molecule has 0 saturated carbocycles. The van der Waals surface area contributed by atoms with Gasteiger partial charge < -0.3 is 11.1 Å². The standard InChI is InChI=1S/C14H13FN2O3S/c1-21(19,20)11-4-2-3-9(7-11)14(18)17-10-5-6-12(15)13(16)8-10/h2-8H,16H2,1H3,(H,17,18). The summed E-state index contributed by atoms with van der Waals surface area (Å²) in [6.45, 7) is 0. The third-order valence-electron chi connectivity index (χ3n) is 2.78. The van der Waals surface area contributed by atoms with Crippen LogP contribution in [0.1, 0.15) is 10.4 Å². The molecule has 3 N–H and O–H groups in total. The molecule has 0 atom stereocenters. The fourth-order valence-corrected chi connectivity index (χ4v) is 2.36. The Morgan fingerprint density at radius 1 is 1.19 bits per heavy atom. The molecule has 0 aliphatic carbocycles. The highest BCUT2D eigenvalue weighted by atomic mass is 32.2. The first-order valence-corrected chi connectivity index (χ1v) is 7.83. The molecule has 2 aromatic rings. The zero-order valence-corrected chi connectivity index (χ0v) is 11.9. The first-order valence-electron chi connectivity index (χ1n) is 5.94. The summed E-state index contributed by atoms with van der Waals surface area (Å²) in [5, 5.41) is 2.52. The van der Waals surface area contributed by atoms with Crippen LogP contribution in [0.4, 0.5) is 15.8 Å². The molecule has 110 valence electrons. The van der Waals surface area contributed by atoms with Crippen molar-refractivity contribution in [2.24, 2.45) is 0 Å². The average molecular weight is 308 g/mol. The number of halogens is 1. The number of sulfone groups is 1. The highest BCUT2D eigenvalue weighted by molar-refractivity contribution is 7.90. The van der Waals surface area contributed by atoms with Crippen LogP contribution in [0.5, 0.6) is 0 Å². The molecular weight excluding hydrogens is 295 g/mol. The monoisotopic (exact) mass is 308 g/mol. The minimum Gasteiger partial charge on any atom is -0.396 e. The van der Waals surface area contributed by atoms with Crippen molar-refractivity contribution in [3.8, 4) is 0 Å². The number of hydrogen-bond donors (Lipinski definition) is 2. The van der Waals surface area contributed by atoms with E-state index in [2.05, 4.69) is 5.32 Å². The van der Waals surface area contributed by atoms with Crippen molar-refractivity contribution in [1.29, 1.82) is 0 Å². The quantitative estimate of drug-likeness (QED) is 0.849. The third kappa shape index (κ3) is 3.57. The maximum Gasteiger partial charge on any atom is 0.255 e. The van der Waals surface area contributed by atoms with E-state index in [1.165, 1.54) is 36.4 Å². The Labute approximate surface area is 121 Å². The molecule has 5 nitrogen and oxygen atoms in total. The Bertz CT molecular complexity index is 804. The van der Waals surface area contributed by atoms with Crippen LogP contribution in [-0.4, -0.2) is 20.6 Å². The SMILES string of the molecule is CS(=O)(=O)c1cccc(C(=O)Nc2ccc(F)c(N)c2)c1. The Hall–Kier alpha value is -2.41. The normalized spacial score (nSPS) is 11.1. The largest absolute Gasteiger partial charge is 0.396 e. The molecule has 0 radical (unpaired) electrons. The molecule has 0 unspecified atom stereocenters. The van der Waals surface area contributed by atoms with Gasteiger partial charge in [0.2, 0.25) is 0 Å². The number of nitrogens with one attached hydrogen (secondary N) is 1. The van der Waals surface area contributed by atoms with Gasteiger partial charge in [-0.1, -0.05) is 6.07 Å². The van der Waals surface area contributed by atoms with Crippen molar-refractivity contribution >= 4 is 27.1 Å². The third-order valence-corrected chi connectivity index (χ3v) is 3.89. The predicted molar refractivity (Wildman–Crippen MR) is 78.3 cm³/mol. The second-order valence-electron chi connectivity index (χ2n) is 4.49. The molecule has 2 rings (SSSR count). The molecular formula is C14H13FN2O3S. The van der Waals surface area contributed by atoms with Gasteiger partial charge in [0.05, 0.1) is 10.6 Å². The molecule has 2 aromatic carbocycles. The molecule has 21 heavy (non-hydrogen) atoms. The molecule has 0 fully saturated rings. The maximum absolute atomic E-state index is 13.0. The van der Waals surface area contributed by atoms with Crippen molar-refractivity contribution < 1.29 is 17.6 Å². The molecule has 0 aromatic heterocycles. The lowest BCUT2D eigenvalue weighted by Crippen LogP contribution is -2.13. The molecule has 0 spiro atoms. The molecule has 0 bridgehead atoms. The predicted octanol–water partition coefficient (Wildman–Crippen LogP) is 2.06. The fourth-order valence-electron chi connectivity index (χ4n) is 1.69. The van der Waals surface area contributed by atoms with E-state index >= 15 is 0 Å². The molecule has 7 heteroatoms. The number of nitrogen functional groups attached to an aromatic ring is 1. The van der Waals surface area contributed by atoms with Crippen molar-refractivity contribution in [3.63, 3.8) is 0 Å². The number of nitrogens with two attached hydrogens (primary N) is 1. The number of benzene rings is 2. The highest BCUT2D eigenvalue weighted by Crippen LogP contribution is 2.18. The van der Waals surface area contributed by atoms with Gasteiger partial charge in [-0.25, -0.2) is 12.8 Å². The second-order valence-corrected chi connectivity index (χ2v) is 6.51. The molecule has 0 aliphatic heterocycles. The van der Waals surface area contributed by atoms with E-state index in [1.54, 1.807) is 0 Å². The fraction of sp³-hybridized carbons (Fsp3) is 0.0714. The zero-order chi connectivity index (χ0) is 15.6. The minimum atomic E-state index is -3.39. The van der Waals surface area contributed by atoms with Crippen LogP contribution in [0, 0.1) is 5.82 Å². The summed E-state index contributed by atoms with van der Waals surface area (Å²) in [7, 11) is -3.39. The smallest absolute Gasteiger partial charge is 0.255 e. The van der Waals surface area contributed by atoms with E-state index in [9.17, 15) is 17.6 Å². The number of carbonyl (C=O) groups excluding carboxylic acids is 1. The number of carbonyl (C=O) groups is 1. The van der Waals surface area contributed by atoms with E-state index in [1.807, 2.05) is 0 Å². The van der Waals surface area contributed by atoms with E-state index in [-0.39, 0.29) is 16.1 Å². The van der Waals surface area contributed by atoms with Crippen LogP contribution in [0.3, 0.4) is 0 Å². The zero-order valence-electron chi connectivity index (χ0n) is 11.1. The first kappa shape index (κ1) is 15.0. The highest BCUT2D eigenvalue weighted by Gasteiger charge is 2.12. The van der Waals surface area contributed by atoms with Gasteiger partial charge in [-0.2, -0.15) is 0 Å². The van der Waals surface area contributed by atoms with Gasteiger partial charge in [-0.05, 0) is 36.4 Å². The van der Waals surface area contributed by atoms with E-state index in [4.69, 9.17) is 5.73 Å². The molecule has 0 aliphatic rings.